The van der Waals surface area contributed by atoms with Crippen LogP contribution < -0.4 is 0 Å². The van der Waals surface area contributed by atoms with Gasteiger partial charge in [-0.25, -0.2) is 0 Å². The van der Waals surface area contributed by atoms with Gasteiger partial charge in [0.25, 0.3) is 0 Å². The van der Waals surface area contributed by atoms with Gasteiger partial charge in [-0.2, -0.15) is 0 Å². The van der Waals surface area contributed by atoms with Gasteiger partial charge in [0.15, 0.2) is 0 Å². The maximum atomic E-state index is 4.82. The summed E-state index contributed by atoms with van der Waals surface area (Å²) in [6, 6.07) is 92.2. The Morgan fingerprint density at radius 1 is 0.273 bits per heavy atom. The molecule has 0 spiro atoms. The summed E-state index contributed by atoms with van der Waals surface area (Å²) in [5, 5.41) is 0. The van der Waals surface area contributed by atoms with E-state index in [1.807, 2.05) is 30.7 Å². The first kappa shape index (κ1) is 47.8. The van der Waals surface area contributed by atoms with Crippen LogP contribution in [0.25, 0.3) is 123 Å². The minimum atomic E-state index is 0. The number of pyridine rings is 3. The summed E-state index contributed by atoms with van der Waals surface area (Å²) in [4.78, 5) is 14.4. The fourth-order valence-corrected chi connectivity index (χ4v) is 11.6. The van der Waals surface area contributed by atoms with E-state index >= 15 is 0 Å². The second kappa shape index (κ2) is 20.7. The zero-order valence-corrected chi connectivity index (χ0v) is 44.5. The first-order valence-corrected chi connectivity index (χ1v) is 26.2. The summed E-state index contributed by atoms with van der Waals surface area (Å²) in [6.07, 6.45) is 9.55. The van der Waals surface area contributed by atoms with Crippen molar-refractivity contribution in [2.75, 3.05) is 0 Å². The molecule has 3 aromatic heterocycles. The zero-order chi connectivity index (χ0) is 50.4. The Hall–Kier alpha value is -8.92. The third-order valence-corrected chi connectivity index (χ3v) is 15.4. The summed E-state index contributed by atoms with van der Waals surface area (Å²) in [7, 11) is 0. The quantitative estimate of drug-likeness (QED) is 0.135. The standard InChI is InChI=1S/C73H48N3.Ir/c1-2-12-48(13-3-1)49-22-24-50(25-23-49)55-38-41-74-71(47-55)52-28-26-51(27-29-52)63-16-4-7-19-66(63)60-44-61(67-20-8-5-17-64(67)56-34-36-69-58(42-56)32-30-53-14-10-39-75-72(53)69)46-62(45-60)68-21-9-6-18-65(68)57-35-37-70-59(43-57)33-31-54-15-11-40-76-73(54)70;/h1-28,34-35,38-47H,30-33H2;/q-3;+3. The first-order valence-electron chi connectivity index (χ1n) is 26.2. The number of nitrogens with zero attached hydrogens (tertiary/aromatic N) is 3. The molecule has 0 aliphatic heterocycles. The summed E-state index contributed by atoms with van der Waals surface area (Å²) in [5.74, 6) is 0. The molecule has 4 heteroatoms. The van der Waals surface area contributed by atoms with Gasteiger partial charge in [-0.05, 0) is 122 Å². The Balaban J connectivity index is 0.00000566. The molecule has 3 heterocycles. The van der Waals surface area contributed by atoms with Crippen LogP contribution in [0.3, 0.4) is 0 Å². The van der Waals surface area contributed by atoms with Gasteiger partial charge in [-0.15, -0.1) is 88.5 Å². The molecule has 12 aromatic rings. The van der Waals surface area contributed by atoms with Crippen LogP contribution in [0.4, 0.5) is 0 Å². The molecule has 0 saturated heterocycles. The number of benzene rings is 9. The van der Waals surface area contributed by atoms with Crippen LogP contribution in [0.2, 0.25) is 0 Å². The summed E-state index contributed by atoms with van der Waals surface area (Å²) < 4.78 is 0. The largest absolute Gasteiger partial charge is 3.00 e. The van der Waals surface area contributed by atoms with Crippen LogP contribution in [-0.2, 0) is 45.8 Å². The Bertz CT molecular complexity index is 4000. The molecule has 0 fully saturated rings. The third kappa shape index (κ3) is 9.16. The normalized spacial score (nSPS) is 12.1. The van der Waals surface area contributed by atoms with Crippen LogP contribution in [-0.4, -0.2) is 15.0 Å². The number of aryl methyl sites for hydroxylation is 4. The zero-order valence-electron chi connectivity index (χ0n) is 42.1. The van der Waals surface area contributed by atoms with E-state index in [0.29, 0.717) is 0 Å². The van der Waals surface area contributed by atoms with E-state index in [1.54, 1.807) is 0 Å². The number of hydrogen-bond acceptors (Lipinski definition) is 3. The van der Waals surface area contributed by atoms with E-state index in [9.17, 15) is 0 Å². The number of fused-ring (bicyclic) bond motifs is 6. The van der Waals surface area contributed by atoms with Crippen molar-refractivity contribution in [1.29, 1.82) is 0 Å². The van der Waals surface area contributed by atoms with E-state index in [1.165, 1.54) is 44.5 Å². The minimum Gasteiger partial charge on any atom is -0.305 e. The smallest absolute Gasteiger partial charge is 0.305 e. The topological polar surface area (TPSA) is 38.7 Å². The predicted octanol–water partition coefficient (Wildman–Crippen LogP) is 17.8. The van der Waals surface area contributed by atoms with Gasteiger partial charge in [-0.1, -0.05) is 203 Å². The van der Waals surface area contributed by atoms with Crippen LogP contribution in [0.1, 0.15) is 22.3 Å². The molecule has 0 amide bonds. The van der Waals surface area contributed by atoms with Crippen molar-refractivity contribution in [2.45, 2.75) is 25.7 Å². The van der Waals surface area contributed by atoms with Gasteiger partial charge < -0.3 is 15.0 Å². The van der Waals surface area contributed by atoms with E-state index in [4.69, 9.17) is 15.0 Å². The first-order chi connectivity index (χ1) is 37.6. The fourth-order valence-electron chi connectivity index (χ4n) is 11.6. The molecule has 2 aliphatic rings. The van der Waals surface area contributed by atoms with Crippen LogP contribution in [0.15, 0.2) is 243 Å². The number of hydrogen-bond donors (Lipinski definition) is 0. The van der Waals surface area contributed by atoms with Crippen molar-refractivity contribution in [1.82, 2.24) is 15.0 Å². The Morgan fingerprint density at radius 2 is 0.688 bits per heavy atom. The van der Waals surface area contributed by atoms with Gasteiger partial charge in [0.1, 0.15) is 0 Å². The Morgan fingerprint density at radius 3 is 1.18 bits per heavy atom. The molecule has 364 valence electrons. The van der Waals surface area contributed by atoms with Crippen molar-refractivity contribution in [2.24, 2.45) is 0 Å². The van der Waals surface area contributed by atoms with Crippen LogP contribution >= 0.6 is 0 Å². The van der Waals surface area contributed by atoms with Gasteiger partial charge in [0.05, 0.1) is 0 Å². The molecule has 14 rings (SSSR count). The minimum absolute atomic E-state index is 0. The van der Waals surface area contributed by atoms with Crippen LogP contribution in [0.5, 0.6) is 0 Å². The fraction of sp³-hybridized carbons (Fsp3) is 0.0548. The summed E-state index contributed by atoms with van der Waals surface area (Å²) in [5.41, 5.74) is 29.7. The van der Waals surface area contributed by atoms with Crippen molar-refractivity contribution in [3.8, 4) is 123 Å². The molecular formula is C73H48IrN3. The Labute approximate surface area is 464 Å². The van der Waals surface area contributed by atoms with Gasteiger partial charge in [0, 0.05) is 18.6 Å². The van der Waals surface area contributed by atoms with Crippen LogP contribution in [0, 0.1) is 18.2 Å². The summed E-state index contributed by atoms with van der Waals surface area (Å²) >= 11 is 0. The van der Waals surface area contributed by atoms with E-state index in [-0.39, 0.29) is 20.1 Å². The second-order valence-corrected chi connectivity index (χ2v) is 19.9. The van der Waals surface area contributed by atoms with Gasteiger partial charge >= 0.3 is 20.1 Å². The number of rotatable bonds is 9. The maximum Gasteiger partial charge on any atom is 3.00 e. The van der Waals surface area contributed by atoms with Crippen molar-refractivity contribution in [3.63, 3.8) is 0 Å². The molecule has 3 nitrogen and oxygen atoms in total. The molecule has 0 radical (unpaired) electrons. The predicted molar refractivity (Wildman–Crippen MR) is 311 cm³/mol. The molecule has 0 unspecified atom stereocenters. The average molecular weight is 1160 g/mol. The van der Waals surface area contributed by atoms with E-state index in [0.717, 1.165) is 126 Å². The number of aromatic nitrogens is 3. The molecule has 77 heavy (non-hydrogen) atoms. The monoisotopic (exact) mass is 1160 g/mol. The molecule has 2 aliphatic carbocycles. The SMILES string of the molecule is [Ir+3].[c-]1cc(-c2ccccc2-c2cc(-c3ccccc3-c3c[c-]c4c(c3)CCc3cccnc3-4)cc(-c3ccccc3-c3c[c-]c4c(c3)CCc3cccnc3-4)c2)ccc1-c1cc(-c2ccc(-c3ccccc3)cc2)ccn1. The van der Waals surface area contributed by atoms with Gasteiger partial charge in [0.2, 0.25) is 0 Å². The van der Waals surface area contributed by atoms with Gasteiger partial charge in [-0.3, -0.25) is 0 Å². The second-order valence-electron chi connectivity index (χ2n) is 19.9. The average Bonchev–Trinajstić information content (AvgIpc) is 3.51. The molecule has 0 N–H and O–H groups in total. The van der Waals surface area contributed by atoms with Crippen molar-refractivity contribution in [3.05, 3.63) is 283 Å². The summed E-state index contributed by atoms with van der Waals surface area (Å²) in [6.45, 7) is 0. The van der Waals surface area contributed by atoms with E-state index < -0.39 is 0 Å². The third-order valence-electron chi connectivity index (χ3n) is 15.4. The molecule has 0 atom stereocenters. The molecule has 0 bridgehead atoms. The molecular weight excluding hydrogens is 1110 g/mol. The molecule has 0 saturated carbocycles. The van der Waals surface area contributed by atoms with Crippen molar-refractivity contribution < 1.29 is 20.1 Å². The maximum absolute atomic E-state index is 4.82. The Kier molecular flexibility index (Phi) is 12.8. The van der Waals surface area contributed by atoms with Crippen molar-refractivity contribution >= 4 is 0 Å². The van der Waals surface area contributed by atoms with E-state index in [2.05, 4.69) is 231 Å². The molecule has 9 aromatic carbocycles.